The first kappa shape index (κ1) is 20.1. The third kappa shape index (κ3) is 4.69. The third-order valence-corrected chi connectivity index (χ3v) is 5.50. The third-order valence-electron chi connectivity index (χ3n) is 5.50. The Morgan fingerprint density at radius 1 is 0.967 bits per heavy atom. The second-order valence-electron chi connectivity index (χ2n) is 7.43. The van der Waals surface area contributed by atoms with E-state index in [2.05, 4.69) is 45.1 Å². The molecule has 2 aromatic carbocycles. The van der Waals surface area contributed by atoms with Crippen molar-refractivity contribution in [3.05, 3.63) is 84.2 Å². The van der Waals surface area contributed by atoms with Crippen LogP contribution in [0.5, 0.6) is 0 Å². The molecule has 0 N–H and O–H groups in total. The molecule has 154 valence electrons. The molecule has 30 heavy (non-hydrogen) atoms. The molecule has 3 aromatic rings. The van der Waals surface area contributed by atoms with Crippen LogP contribution in [-0.2, 0) is 11.3 Å². The first-order valence-electron chi connectivity index (χ1n) is 10.5. The van der Waals surface area contributed by atoms with Gasteiger partial charge in [-0.1, -0.05) is 30.3 Å². The Morgan fingerprint density at radius 3 is 2.43 bits per heavy atom. The van der Waals surface area contributed by atoms with E-state index in [1.54, 1.807) is 0 Å². The average molecular weight is 402 g/mol. The lowest BCUT2D eigenvalue weighted by Crippen LogP contribution is -2.46. The molecule has 1 aliphatic rings. The van der Waals surface area contributed by atoms with Gasteiger partial charge in [0.1, 0.15) is 0 Å². The highest BCUT2D eigenvalue weighted by molar-refractivity contribution is 5.89. The summed E-state index contributed by atoms with van der Waals surface area (Å²) in [5.74, 6) is -0.263. The minimum absolute atomic E-state index is 0.263. The van der Waals surface area contributed by atoms with Crippen LogP contribution in [0.4, 0.5) is 5.69 Å². The molecule has 0 unspecified atom stereocenters. The predicted molar refractivity (Wildman–Crippen MR) is 120 cm³/mol. The van der Waals surface area contributed by atoms with Gasteiger partial charge in [-0.05, 0) is 48.4 Å². The molecule has 1 fully saturated rings. The van der Waals surface area contributed by atoms with E-state index in [1.165, 1.54) is 11.1 Å². The molecule has 2 heterocycles. The maximum Gasteiger partial charge on any atom is 0.338 e. The summed E-state index contributed by atoms with van der Waals surface area (Å²) in [7, 11) is 0. The van der Waals surface area contributed by atoms with Crippen LogP contribution in [0.3, 0.4) is 0 Å². The Balaban J connectivity index is 1.37. The number of nitrogens with zero attached hydrogens (tertiary/aromatic N) is 3. The van der Waals surface area contributed by atoms with Gasteiger partial charge in [-0.25, -0.2) is 4.79 Å². The summed E-state index contributed by atoms with van der Waals surface area (Å²) in [4.78, 5) is 21.0. The Labute approximate surface area is 177 Å². The molecular weight excluding hydrogens is 374 g/mol. The van der Waals surface area contributed by atoms with Gasteiger partial charge in [-0.15, -0.1) is 0 Å². The van der Waals surface area contributed by atoms with Crippen LogP contribution in [0.25, 0.3) is 11.1 Å². The van der Waals surface area contributed by atoms with E-state index in [0.717, 1.165) is 44.0 Å². The first-order chi connectivity index (χ1) is 14.7. The lowest BCUT2D eigenvalue weighted by molar-refractivity contribution is 0.0526. The Bertz CT molecular complexity index is 965. The van der Waals surface area contributed by atoms with Crippen molar-refractivity contribution in [2.45, 2.75) is 13.5 Å². The van der Waals surface area contributed by atoms with Crippen LogP contribution in [-0.4, -0.2) is 48.6 Å². The van der Waals surface area contributed by atoms with E-state index >= 15 is 0 Å². The van der Waals surface area contributed by atoms with Crippen molar-refractivity contribution in [2.75, 3.05) is 37.7 Å². The van der Waals surface area contributed by atoms with Crippen LogP contribution >= 0.6 is 0 Å². The fourth-order valence-electron chi connectivity index (χ4n) is 3.89. The van der Waals surface area contributed by atoms with Crippen molar-refractivity contribution in [1.82, 2.24) is 9.88 Å². The zero-order valence-corrected chi connectivity index (χ0v) is 17.3. The topological polar surface area (TPSA) is 45.7 Å². The Morgan fingerprint density at radius 2 is 1.73 bits per heavy atom. The van der Waals surface area contributed by atoms with Gasteiger partial charge >= 0.3 is 5.97 Å². The van der Waals surface area contributed by atoms with E-state index in [4.69, 9.17) is 4.74 Å². The fourth-order valence-corrected chi connectivity index (χ4v) is 3.89. The molecule has 0 radical (unpaired) electrons. The predicted octanol–water partition coefficient (Wildman–Crippen LogP) is 4.25. The number of ether oxygens (including phenoxy) is 1. The second-order valence-corrected chi connectivity index (χ2v) is 7.43. The highest BCUT2D eigenvalue weighted by Gasteiger charge is 2.19. The van der Waals surface area contributed by atoms with Crippen molar-refractivity contribution in [1.29, 1.82) is 0 Å². The molecule has 4 rings (SSSR count). The molecule has 0 saturated carbocycles. The number of hydrogen-bond donors (Lipinski definition) is 0. The van der Waals surface area contributed by atoms with E-state index in [1.807, 2.05) is 49.6 Å². The summed E-state index contributed by atoms with van der Waals surface area (Å²) in [6, 6.07) is 20.4. The molecule has 0 bridgehead atoms. The number of hydrogen-bond acceptors (Lipinski definition) is 5. The van der Waals surface area contributed by atoms with Gasteiger partial charge in [-0.2, -0.15) is 0 Å². The molecule has 0 spiro atoms. The largest absolute Gasteiger partial charge is 0.462 e. The lowest BCUT2D eigenvalue weighted by atomic mass is 10.0. The van der Waals surface area contributed by atoms with Gasteiger partial charge in [0.2, 0.25) is 0 Å². The average Bonchev–Trinajstić information content (AvgIpc) is 2.81. The zero-order valence-electron chi connectivity index (χ0n) is 17.3. The monoisotopic (exact) mass is 401 g/mol. The molecule has 0 amide bonds. The molecule has 0 atom stereocenters. The summed E-state index contributed by atoms with van der Waals surface area (Å²) in [6.45, 7) is 7.08. The summed E-state index contributed by atoms with van der Waals surface area (Å²) in [5, 5.41) is 0. The smallest absolute Gasteiger partial charge is 0.338 e. The van der Waals surface area contributed by atoms with Crippen LogP contribution in [0.15, 0.2) is 73.1 Å². The van der Waals surface area contributed by atoms with Gasteiger partial charge in [0.25, 0.3) is 0 Å². The van der Waals surface area contributed by atoms with Gasteiger partial charge in [0, 0.05) is 56.4 Å². The zero-order chi connectivity index (χ0) is 20.8. The number of piperazine rings is 1. The van der Waals surface area contributed by atoms with Gasteiger partial charge in [0.15, 0.2) is 0 Å². The minimum atomic E-state index is -0.263. The number of anilines is 1. The van der Waals surface area contributed by atoms with E-state index in [9.17, 15) is 4.79 Å². The lowest BCUT2D eigenvalue weighted by Gasteiger charge is -2.36. The van der Waals surface area contributed by atoms with Crippen LogP contribution in [0.2, 0.25) is 0 Å². The van der Waals surface area contributed by atoms with Crippen molar-refractivity contribution < 1.29 is 9.53 Å². The number of carbonyl (C=O) groups excluding carboxylic acids is 1. The second kappa shape index (κ2) is 9.55. The van der Waals surface area contributed by atoms with Crippen LogP contribution in [0.1, 0.15) is 22.8 Å². The van der Waals surface area contributed by atoms with Crippen molar-refractivity contribution in [3.8, 4) is 11.1 Å². The molecular formula is C25H27N3O2. The normalized spacial score (nSPS) is 14.5. The summed E-state index contributed by atoms with van der Waals surface area (Å²) < 4.78 is 5.06. The van der Waals surface area contributed by atoms with Gasteiger partial charge in [-0.3, -0.25) is 9.88 Å². The summed E-state index contributed by atoms with van der Waals surface area (Å²) in [5.41, 5.74) is 5.50. The molecule has 1 aliphatic heterocycles. The Hall–Kier alpha value is -3.18. The number of rotatable bonds is 6. The first-order valence-corrected chi connectivity index (χ1v) is 10.5. The van der Waals surface area contributed by atoms with Crippen molar-refractivity contribution in [3.63, 3.8) is 0 Å². The molecule has 5 heteroatoms. The molecule has 1 aromatic heterocycles. The summed E-state index contributed by atoms with van der Waals surface area (Å²) in [6.07, 6.45) is 3.74. The highest BCUT2D eigenvalue weighted by atomic mass is 16.5. The quantitative estimate of drug-likeness (QED) is 0.578. The maximum atomic E-state index is 11.8. The van der Waals surface area contributed by atoms with E-state index < -0.39 is 0 Å². The fraction of sp³-hybridized carbons (Fsp3) is 0.280. The van der Waals surface area contributed by atoms with Crippen molar-refractivity contribution in [2.24, 2.45) is 0 Å². The minimum Gasteiger partial charge on any atom is -0.462 e. The molecule has 1 saturated heterocycles. The number of benzene rings is 2. The number of carbonyl (C=O) groups is 1. The van der Waals surface area contributed by atoms with Crippen LogP contribution in [0, 0.1) is 0 Å². The highest BCUT2D eigenvalue weighted by Crippen LogP contribution is 2.25. The SMILES string of the molecule is CCOC(=O)c1ccc(N2CCN(Cc3ccccc3-c3cccnc3)CC2)cc1. The maximum absolute atomic E-state index is 11.8. The standard InChI is InChI=1S/C25H27N3O2/c1-2-30-25(29)20-9-11-23(12-10-20)28-16-14-27(15-17-28)19-22-6-3-4-8-24(22)21-7-5-13-26-18-21/h3-13,18H,2,14-17,19H2,1H3. The number of esters is 1. The van der Waals surface area contributed by atoms with Crippen molar-refractivity contribution >= 4 is 11.7 Å². The molecule has 5 nitrogen and oxygen atoms in total. The van der Waals surface area contributed by atoms with E-state index in [-0.39, 0.29) is 5.97 Å². The number of pyridine rings is 1. The van der Waals surface area contributed by atoms with Gasteiger partial charge < -0.3 is 9.64 Å². The van der Waals surface area contributed by atoms with Gasteiger partial charge in [0.05, 0.1) is 12.2 Å². The van der Waals surface area contributed by atoms with E-state index in [0.29, 0.717) is 12.2 Å². The Kier molecular flexibility index (Phi) is 6.40. The van der Waals surface area contributed by atoms with Crippen LogP contribution < -0.4 is 4.90 Å². The summed E-state index contributed by atoms with van der Waals surface area (Å²) >= 11 is 0. The molecule has 0 aliphatic carbocycles. The number of aromatic nitrogens is 1.